The van der Waals surface area contributed by atoms with Crippen molar-refractivity contribution in [1.82, 2.24) is 10.2 Å². The molecule has 1 aliphatic heterocycles. The Morgan fingerprint density at radius 3 is 2.86 bits per heavy atom. The van der Waals surface area contributed by atoms with Gasteiger partial charge < -0.3 is 11.1 Å². The summed E-state index contributed by atoms with van der Waals surface area (Å²) in [6, 6.07) is 0. The summed E-state index contributed by atoms with van der Waals surface area (Å²) in [7, 11) is 0. The van der Waals surface area contributed by atoms with Gasteiger partial charge in [-0.1, -0.05) is 0 Å². The van der Waals surface area contributed by atoms with Crippen LogP contribution in [0.4, 0.5) is 0 Å². The maximum atomic E-state index is 11.6. The summed E-state index contributed by atoms with van der Waals surface area (Å²) >= 11 is 0. The number of unbranched alkanes of at least 4 members (excludes halogenated alkanes) is 1. The van der Waals surface area contributed by atoms with Crippen molar-refractivity contribution in [3.8, 4) is 0 Å². The first-order chi connectivity index (χ1) is 6.59. The summed E-state index contributed by atoms with van der Waals surface area (Å²) in [5.74, 6) is 0.136. The Morgan fingerprint density at radius 1 is 1.50 bits per heavy atom. The van der Waals surface area contributed by atoms with Crippen molar-refractivity contribution >= 4 is 5.91 Å². The average Bonchev–Trinajstić information content (AvgIpc) is 2.13. The van der Waals surface area contributed by atoms with Crippen LogP contribution in [0.25, 0.3) is 0 Å². The number of carbonyl (C=O) groups is 1. The van der Waals surface area contributed by atoms with Crippen LogP contribution in [0.5, 0.6) is 0 Å². The molecule has 0 radical (unpaired) electrons. The number of nitrogens with one attached hydrogen (secondary N) is 1. The topological polar surface area (TPSA) is 58.4 Å². The van der Waals surface area contributed by atoms with Crippen molar-refractivity contribution in [3.05, 3.63) is 0 Å². The maximum Gasteiger partial charge on any atom is 0.239 e. The molecule has 0 bridgehead atoms. The predicted molar refractivity (Wildman–Crippen MR) is 57.0 cm³/mol. The normalized spacial score (nSPS) is 22.1. The maximum absolute atomic E-state index is 11.6. The molecular weight excluding hydrogens is 178 g/mol. The molecule has 4 heteroatoms. The van der Waals surface area contributed by atoms with Crippen LogP contribution in [0.2, 0.25) is 0 Å². The molecule has 1 amide bonds. The molecule has 1 saturated heterocycles. The second-order valence-corrected chi connectivity index (χ2v) is 4.30. The van der Waals surface area contributed by atoms with Crippen LogP contribution >= 0.6 is 0 Å². The Bertz CT molecular complexity index is 204. The third-order valence-electron chi connectivity index (χ3n) is 2.90. The Labute approximate surface area is 85.8 Å². The fourth-order valence-electron chi connectivity index (χ4n) is 1.78. The summed E-state index contributed by atoms with van der Waals surface area (Å²) in [5, 5.41) is 2.89. The number of hydrogen-bond donors (Lipinski definition) is 2. The minimum atomic E-state index is -0.354. The summed E-state index contributed by atoms with van der Waals surface area (Å²) in [6.07, 6.45) is 2.11. The lowest BCUT2D eigenvalue weighted by Gasteiger charge is -2.41. The van der Waals surface area contributed by atoms with E-state index in [9.17, 15) is 4.79 Å². The molecule has 0 aliphatic carbocycles. The zero-order valence-corrected chi connectivity index (χ0v) is 9.18. The standard InChI is InChI=1S/C10H21N3O/c1-10(2)9(14)12-6-8-13(10)7-4-3-5-11/h3-8,11H2,1-2H3,(H,12,14). The molecule has 0 aromatic carbocycles. The van der Waals surface area contributed by atoms with E-state index < -0.39 is 0 Å². The lowest BCUT2D eigenvalue weighted by molar-refractivity contribution is -0.135. The summed E-state index contributed by atoms with van der Waals surface area (Å²) in [4.78, 5) is 13.8. The minimum absolute atomic E-state index is 0.136. The molecule has 4 nitrogen and oxygen atoms in total. The van der Waals surface area contributed by atoms with E-state index in [0.29, 0.717) is 0 Å². The molecule has 0 atom stereocenters. The molecule has 0 unspecified atom stereocenters. The molecule has 14 heavy (non-hydrogen) atoms. The van der Waals surface area contributed by atoms with E-state index in [1.54, 1.807) is 0 Å². The molecule has 1 rings (SSSR count). The van der Waals surface area contributed by atoms with Crippen LogP contribution in [0.1, 0.15) is 26.7 Å². The highest BCUT2D eigenvalue weighted by atomic mass is 16.2. The smallest absolute Gasteiger partial charge is 0.239 e. The molecule has 0 aromatic heterocycles. The largest absolute Gasteiger partial charge is 0.353 e. The number of carbonyl (C=O) groups excluding carboxylic acids is 1. The third-order valence-corrected chi connectivity index (χ3v) is 2.90. The first-order valence-corrected chi connectivity index (χ1v) is 5.32. The number of rotatable bonds is 4. The lowest BCUT2D eigenvalue weighted by atomic mass is 9.98. The van der Waals surface area contributed by atoms with Gasteiger partial charge in [-0.2, -0.15) is 0 Å². The van der Waals surface area contributed by atoms with Crippen LogP contribution < -0.4 is 11.1 Å². The highest BCUT2D eigenvalue weighted by molar-refractivity contribution is 5.86. The van der Waals surface area contributed by atoms with Crippen molar-refractivity contribution in [2.75, 3.05) is 26.2 Å². The summed E-state index contributed by atoms with van der Waals surface area (Å²) < 4.78 is 0. The first kappa shape index (κ1) is 11.5. The van der Waals surface area contributed by atoms with Gasteiger partial charge in [-0.25, -0.2) is 0 Å². The van der Waals surface area contributed by atoms with Gasteiger partial charge >= 0.3 is 0 Å². The van der Waals surface area contributed by atoms with E-state index in [4.69, 9.17) is 5.73 Å². The second kappa shape index (κ2) is 4.75. The van der Waals surface area contributed by atoms with Gasteiger partial charge in [0.25, 0.3) is 0 Å². The fraction of sp³-hybridized carbons (Fsp3) is 0.900. The van der Waals surface area contributed by atoms with E-state index in [2.05, 4.69) is 10.2 Å². The fourth-order valence-corrected chi connectivity index (χ4v) is 1.78. The lowest BCUT2D eigenvalue weighted by Crippen LogP contribution is -2.61. The van der Waals surface area contributed by atoms with Crippen LogP contribution in [0, 0.1) is 0 Å². The summed E-state index contributed by atoms with van der Waals surface area (Å²) in [5.41, 5.74) is 5.09. The van der Waals surface area contributed by atoms with Crippen LogP contribution in [-0.4, -0.2) is 42.5 Å². The summed E-state index contributed by atoms with van der Waals surface area (Å²) in [6.45, 7) is 7.38. The van der Waals surface area contributed by atoms with Gasteiger partial charge in [0.1, 0.15) is 0 Å². The van der Waals surface area contributed by atoms with Crippen molar-refractivity contribution in [2.45, 2.75) is 32.2 Å². The Hall–Kier alpha value is -0.610. The number of nitrogens with zero attached hydrogens (tertiary/aromatic N) is 1. The molecule has 1 fully saturated rings. The van der Waals surface area contributed by atoms with Gasteiger partial charge in [0.05, 0.1) is 5.54 Å². The number of amides is 1. The number of piperazine rings is 1. The zero-order chi connectivity index (χ0) is 10.6. The van der Waals surface area contributed by atoms with Gasteiger partial charge in [-0.05, 0) is 39.8 Å². The molecule has 0 aromatic rings. The molecule has 82 valence electrons. The van der Waals surface area contributed by atoms with E-state index in [-0.39, 0.29) is 11.4 Å². The van der Waals surface area contributed by atoms with Crippen LogP contribution in [-0.2, 0) is 4.79 Å². The Kier molecular flexibility index (Phi) is 3.89. The van der Waals surface area contributed by atoms with Crippen molar-refractivity contribution < 1.29 is 4.79 Å². The number of hydrogen-bond acceptors (Lipinski definition) is 3. The third kappa shape index (κ3) is 2.45. The average molecular weight is 199 g/mol. The van der Waals surface area contributed by atoms with Gasteiger partial charge in [-0.15, -0.1) is 0 Å². The van der Waals surface area contributed by atoms with Gasteiger partial charge in [-0.3, -0.25) is 9.69 Å². The molecule has 3 N–H and O–H groups in total. The monoisotopic (exact) mass is 199 g/mol. The van der Waals surface area contributed by atoms with Gasteiger partial charge in [0.2, 0.25) is 5.91 Å². The van der Waals surface area contributed by atoms with Gasteiger partial charge in [0.15, 0.2) is 0 Å². The minimum Gasteiger partial charge on any atom is -0.353 e. The van der Waals surface area contributed by atoms with E-state index >= 15 is 0 Å². The molecule has 0 saturated carbocycles. The van der Waals surface area contributed by atoms with E-state index in [0.717, 1.165) is 39.0 Å². The highest BCUT2D eigenvalue weighted by Gasteiger charge is 2.36. The van der Waals surface area contributed by atoms with Crippen molar-refractivity contribution in [3.63, 3.8) is 0 Å². The SMILES string of the molecule is CC1(C)C(=O)NCCN1CCCCN. The first-order valence-electron chi connectivity index (χ1n) is 5.32. The Morgan fingerprint density at radius 2 is 2.21 bits per heavy atom. The van der Waals surface area contributed by atoms with E-state index in [1.807, 2.05) is 13.8 Å². The van der Waals surface area contributed by atoms with Crippen LogP contribution in [0.15, 0.2) is 0 Å². The predicted octanol–water partition coefficient (Wildman–Crippen LogP) is -0.0643. The van der Waals surface area contributed by atoms with E-state index in [1.165, 1.54) is 0 Å². The van der Waals surface area contributed by atoms with Gasteiger partial charge in [0, 0.05) is 13.1 Å². The van der Waals surface area contributed by atoms with Crippen molar-refractivity contribution in [1.29, 1.82) is 0 Å². The molecule has 1 aliphatic rings. The second-order valence-electron chi connectivity index (χ2n) is 4.30. The molecular formula is C10H21N3O. The molecule has 0 spiro atoms. The van der Waals surface area contributed by atoms with Crippen molar-refractivity contribution in [2.24, 2.45) is 5.73 Å². The quantitative estimate of drug-likeness (QED) is 0.623. The molecule has 1 heterocycles. The Balaban J connectivity index is 2.45. The number of nitrogens with two attached hydrogens (primary N) is 1. The highest BCUT2D eigenvalue weighted by Crippen LogP contribution is 2.17. The van der Waals surface area contributed by atoms with Crippen LogP contribution in [0.3, 0.4) is 0 Å². The zero-order valence-electron chi connectivity index (χ0n) is 9.18.